The monoisotopic (exact) mass is 346 g/mol. The van der Waals surface area contributed by atoms with Crippen molar-refractivity contribution in [2.45, 2.75) is 32.7 Å². The van der Waals surface area contributed by atoms with Gasteiger partial charge < -0.3 is 10.2 Å². The lowest BCUT2D eigenvalue weighted by Crippen LogP contribution is -2.54. The predicted octanol–water partition coefficient (Wildman–Crippen LogP) is 0.394. The minimum absolute atomic E-state index is 0.0879. The summed E-state index contributed by atoms with van der Waals surface area (Å²) >= 11 is 0. The van der Waals surface area contributed by atoms with E-state index >= 15 is 0 Å². The topological polar surface area (TPSA) is 73.0 Å². The molecule has 1 N–H and O–H groups in total. The summed E-state index contributed by atoms with van der Waals surface area (Å²) in [6.45, 7) is 8.94. The number of sulfonamides is 1. The van der Waals surface area contributed by atoms with Crippen molar-refractivity contribution >= 4 is 16.1 Å². The molecular formula is C15H30N4O3S. The van der Waals surface area contributed by atoms with Gasteiger partial charge in [0.05, 0.1) is 6.26 Å². The van der Waals surface area contributed by atoms with E-state index in [1.807, 2.05) is 0 Å². The predicted molar refractivity (Wildman–Crippen MR) is 90.8 cm³/mol. The molecule has 0 bridgehead atoms. The highest BCUT2D eigenvalue weighted by Gasteiger charge is 2.27. The van der Waals surface area contributed by atoms with Crippen molar-refractivity contribution in [2.24, 2.45) is 5.92 Å². The van der Waals surface area contributed by atoms with Gasteiger partial charge in [-0.25, -0.2) is 13.2 Å². The minimum atomic E-state index is -3.15. The second kappa shape index (κ2) is 7.81. The SMILES string of the molecule is C[C@H]1CCCN([C@@H](C)CNC(=O)N2CCN(S(C)(=O)=O)CC2)C1. The molecule has 8 heteroatoms. The Kier molecular flexibility index (Phi) is 6.27. The van der Waals surface area contributed by atoms with Gasteiger partial charge in [-0.3, -0.25) is 4.90 Å². The van der Waals surface area contributed by atoms with Crippen LogP contribution in [0.1, 0.15) is 26.7 Å². The smallest absolute Gasteiger partial charge is 0.317 e. The number of nitrogens with zero attached hydrogens (tertiary/aromatic N) is 3. The first-order chi connectivity index (χ1) is 10.8. The van der Waals surface area contributed by atoms with Crippen LogP contribution in [0.15, 0.2) is 0 Å². The molecule has 0 aromatic carbocycles. The number of hydrogen-bond acceptors (Lipinski definition) is 4. The molecular weight excluding hydrogens is 316 g/mol. The van der Waals surface area contributed by atoms with Gasteiger partial charge in [0.2, 0.25) is 10.0 Å². The maximum Gasteiger partial charge on any atom is 0.317 e. The van der Waals surface area contributed by atoms with Gasteiger partial charge in [0.25, 0.3) is 0 Å². The van der Waals surface area contributed by atoms with Gasteiger partial charge in [-0.2, -0.15) is 4.31 Å². The van der Waals surface area contributed by atoms with Crippen LogP contribution in [0.25, 0.3) is 0 Å². The third-order valence-electron chi connectivity index (χ3n) is 4.86. The molecule has 2 aliphatic heterocycles. The van der Waals surface area contributed by atoms with Crippen LogP contribution < -0.4 is 5.32 Å². The van der Waals surface area contributed by atoms with Crippen molar-refractivity contribution in [3.63, 3.8) is 0 Å². The molecule has 2 fully saturated rings. The van der Waals surface area contributed by atoms with E-state index in [2.05, 4.69) is 24.1 Å². The van der Waals surface area contributed by atoms with Crippen molar-refractivity contribution < 1.29 is 13.2 Å². The van der Waals surface area contributed by atoms with Crippen LogP contribution in [0.5, 0.6) is 0 Å². The summed E-state index contributed by atoms with van der Waals surface area (Å²) in [6, 6.07) is 0.245. The number of urea groups is 1. The molecule has 2 heterocycles. The van der Waals surface area contributed by atoms with Gasteiger partial charge >= 0.3 is 6.03 Å². The Hall–Kier alpha value is -0.860. The Morgan fingerprint density at radius 1 is 1.22 bits per heavy atom. The highest BCUT2D eigenvalue weighted by Crippen LogP contribution is 2.17. The lowest BCUT2D eigenvalue weighted by Gasteiger charge is -2.36. The van der Waals surface area contributed by atoms with Crippen LogP contribution in [0.4, 0.5) is 4.79 Å². The molecule has 0 spiro atoms. The van der Waals surface area contributed by atoms with Crippen molar-refractivity contribution in [3.8, 4) is 0 Å². The van der Waals surface area contributed by atoms with Crippen LogP contribution in [-0.4, -0.2) is 86.7 Å². The molecule has 2 atom stereocenters. The van der Waals surface area contributed by atoms with Gasteiger partial charge in [-0.1, -0.05) is 6.92 Å². The van der Waals surface area contributed by atoms with E-state index in [-0.39, 0.29) is 6.03 Å². The lowest BCUT2D eigenvalue weighted by atomic mass is 9.99. The highest BCUT2D eigenvalue weighted by atomic mass is 32.2. The molecule has 0 radical (unpaired) electrons. The first kappa shape index (κ1) is 18.5. The molecule has 2 aliphatic rings. The first-order valence-electron chi connectivity index (χ1n) is 8.49. The largest absolute Gasteiger partial charge is 0.336 e. The summed E-state index contributed by atoms with van der Waals surface area (Å²) in [7, 11) is -3.15. The zero-order valence-corrected chi connectivity index (χ0v) is 15.3. The quantitative estimate of drug-likeness (QED) is 0.799. The third kappa shape index (κ3) is 5.32. The number of piperazine rings is 1. The Labute approximate surface area is 140 Å². The molecule has 23 heavy (non-hydrogen) atoms. The fourth-order valence-electron chi connectivity index (χ4n) is 3.32. The normalized spacial score (nSPS) is 26.0. The second-order valence-corrected chi connectivity index (χ2v) is 8.91. The average Bonchev–Trinajstić information content (AvgIpc) is 2.51. The molecule has 2 saturated heterocycles. The van der Waals surface area contributed by atoms with Crippen LogP contribution in [-0.2, 0) is 10.0 Å². The minimum Gasteiger partial charge on any atom is -0.336 e. The zero-order valence-electron chi connectivity index (χ0n) is 14.5. The Morgan fingerprint density at radius 3 is 2.43 bits per heavy atom. The van der Waals surface area contributed by atoms with E-state index in [9.17, 15) is 13.2 Å². The molecule has 7 nitrogen and oxygen atoms in total. The van der Waals surface area contributed by atoms with Gasteiger partial charge in [-0.15, -0.1) is 0 Å². The first-order valence-corrected chi connectivity index (χ1v) is 10.3. The Bertz CT molecular complexity index is 503. The maximum absolute atomic E-state index is 12.2. The molecule has 0 aromatic rings. The van der Waals surface area contributed by atoms with Gasteiger partial charge in [0, 0.05) is 45.3 Å². The number of likely N-dealkylation sites (tertiary alicyclic amines) is 1. The summed E-state index contributed by atoms with van der Waals surface area (Å²) in [6.07, 6.45) is 3.73. The molecule has 0 aromatic heterocycles. The van der Waals surface area contributed by atoms with E-state index in [1.54, 1.807) is 4.90 Å². The Morgan fingerprint density at radius 2 is 1.87 bits per heavy atom. The summed E-state index contributed by atoms with van der Waals surface area (Å²) in [4.78, 5) is 16.4. The van der Waals surface area contributed by atoms with Crippen molar-refractivity contribution in [1.82, 2.24) is 19.4 Å². The standard InChI is InChI=1S/C15H30N4O3S/c1-13-5-4-6-18(12-13)14(2)11-16-15(20)17-7-9-19(10-8-17)23(3,21)22/h13-14H,4-12H2,1-3H3,(H,16,20)/t13-,14-/m0/s1. The fourth-order valence-corrected chi connectivity index (χ4v) is 4.15. The van der Waals surface area contributed by atoms with Crippen molar-refractivity contribution in [3.05, 3.63) is 0 Å². The number of amides is 2. The van der Waals surface area contributed by atoms with Gasteiger partial charge in [0.1, 0.15) is 0 Å². The summed E-state index contributed by atoms with van der Waals surface area (Å²) in [5.74, 6) is 0.728. The molecule has 134 valence electrons. The van der Waals surface area contributed by atoms with Crippen LogP contribution >= 0.6 is 0 Å². The number of nitrogens with one attached hydrogen (secondary N) is 1. The number of rotatable bonds is 4. The van der Waals surface area contributed by atoms with E-state index < -0.39 is 10.0 Å². The van der Waals surface area contributed by atoms with Gasteiger partial charge in [-0.05, 0) is 32.2 Å². The summed E-state index contributed by atoms with van der Waals surface area (Å²) in [5, 5.41) is 3.00. The average molecular weight is 346 g/mol. The van der Waals surface area contributed by atoms with E-state index in [1.165, 1.54) is 23.4 Å². The van der Waals surface area contributed by atoms with Crippen molar-refractivity contribution in [1.29, 1.82) is 0 Å². The Balaban J connectivity index is 1.73. The molecule has 0 aliphatic carbocycles. The second-order valence-electron chi connectivity index (χ2n) is 6.93. The molecule has 2 rings (SSSR count). The lowest BCUT2D eigenvalue weighted by molar-refractivity contribution is 0.132. The van der Waals surface area contributed by atoms with Crippen LogP contribution in [0.2, 0.25) is 0 Å². The fraction of sp³-hybridized carbons (Fsp3) is 0.933. The number of carbonyl (C=O) groups is 1. The molecule has 0 unspecified atom stereocenters. The number of piperidine rings is 1. The maximum atomic E-state index is 12.2. The molecule has 0 saturated carbocycles. The zero-order chi connectivity index (χ0) is 17.0. The number of carbonyl (C=O) groups excluding carboxylic acids is 1. The van der Waals surface area contributed by atoms with Crippen LogP contribution in [0.3, 0.4) is 0 Å². The summed E-state index contributed by atoms with van der Waals surface area (Å²) < 4.78 is 24.4. The van der Waals surface area contributed by atoms with E-state index in [4.69, 9.17) is 0 Å². The van der Waals surface area contributed by atoms with Crippen molar-refractivity contribution in [2.75, 3.05) is 52.1 Å². The molecule has 2 amide bonds. The van der Waals surface area contributed by atoms with Crippen LogP contribution in [0, 0.1) is 5.92 Å². The van der Waals surface area contributed by atoms with E-state index in [0.29, 0.717) is 38.8 Å². The van der Waals surface area contributed by atoms with Gasteiger partial charge in [0.15, 0.2) is 0 Å². The summed E-state index contributed by atoms with van der Waals surface area (Å²) in [5.41, 5.74) is 0. The van der Waals surface area contributed by atoms with E-state index in [0.717, 1.165) is 19.0 Å². The third-order valence-corrected chi connectivity index (χ3v) is 6.16. The number of hydrogen-bond donors (Lipinski definition) is 1. The highest BCUT2D eigenvalue weighted by molar-refractivity contribution is 7.88.